The normalized spacial score (nSPS) is 12.9. The average molecular weight is 382 g/mol. The Bertz CT molecular complexity index is 865. The minimum Gasteiger partial charge on any atom is -0.493 e. The number of fused-ring (bicyclic) bond motifs is 1. The van der Waals surface area contributed by atoms with Crippen molar-refractivity contribution in [3.63, 3.8) is 0 Å². The monoisotopic (exact) mass is 382 g/mol. The van der Waals surface area contributed by atoms with Crippen LogP contribution in [0, 0.1) is 0 Å². The molecule has 0 fully saturated rings. The van der Waals surface area contributed by atoms with Gasteiger partial charge in [0.05, 0.1) is 14.2 Å². The molecule has 2 amide bonds. The van der Waals surface area contributed by atoms with E-state index in [4.69, 9.17) is 9.47 Å². The molecule has 3 rings (SSSR count). The van der Waals surface area contributed by atoms with E-state index in [1.165, 1.54) is 18.1 Å². The average Bonchev–Trinajstić information content (AvgIpc) is 2.72. The number of methoxy groups -OCH3 is 2. The van der Waals surface area contributed by atoms with Crippen LogP contribution in [0.15, 0.2) is 42.5 Å². The second kappa shape index (κ2) is 8.78. The summed E-state index contributed by atoms with van der Waals surface area (Å²) in [6.45, 7) is 3.16. The molecule has 1 aliphatic heterocycles. The molecule has 1 aliphatic rings. The lowest BCUT2D eigenvalue weighted by atomic mass is 10.00. The fourth-order valence-corrected chi connectivity index (χ4v) is 3.45. The molecule has 2 aromatic carbocycles. The van der Waals surface area contributed by atoms with Gasteiger partial charge < -0.3 is 19.3 Å². The number of carbonyl (C=O) groups is 2. The number of ether oxygens (including phenoxy) is 2. The van der Waals surface area contributed by atoms with E-state index in [0.29, 0.717) is 31.1 Å². The van der Waals surface area contributed by atoms with Crippen molar-refractivity contribution < 1.29 is 19.1 Å². The first-order valence-corrected chi connectivity index (χ1v) is 9.32. The Kier molecular flexibility index (Phi) is 6.19. The van der Waals surface area contributed by atoms with Crippen molar-refractivity contribution in [2.45, 2.75) is 26.4 Å². The first kappa shape index (κ1) is 19.7. The molecule has 2 aromatic rings. The summed E-state index contributed by atoms with van der Waals surface area (Å²) in [5, 5.41) is 0. The van der Waals surface area contributed by atoms with Gasteiger partial charge in [0, 0.05) is 26.6 Å². The summed E-state index contributed by atoms with van der Waals surface area (Å²) in [5.41, 5.74) is 3.35. The molecule has 28 heavy (non-hydrogen) atoms. The Balaban J connectivity index is 1.68. The molecule has 0 aliphatic carbocycles. The highest BCUT2D eigenvalue weighted by molar-refractivity contribution is 5.84. The number of nitrogens with zero attached hydrogens (tertiary/aromatic N) is 2. The van der Waals surface area contributed by atoms with Crippen molar-refractivity contribution in [3.8, 4) is 11.5 Å². The zero-order valence-electron chi connectivity index (χ0n) is 16.6. The van der Waals surface area contributed by atoms with Gasteiger partial charge in [-0.2, -0.15) is 0 Å². The molecule has 6 heteroatoms. The fraction of sp³-hybridized carbons (Fsp3) is 0.364. The Morgan fingerprint density at radius 1 is 1.04 bits per heavy atom. The first-order chi connectivity index (χ1) is 13.5. The molecule has 0 aromatic heterocycles. The number of amides is 2. The van der Waals surface area contributed by atoms with Gasteiger partial charge in [-0.1, -0.05) is 30.3 Å². The lowest BCUT2D eigenvalue weighted by Gasteiger charge is -2.31. The second-order valence-corrected chi connectivity index (χ2v) is 6.90. The van der Waals surface area contributed by atoms with Crippen molar-refractivity contribution in [1.29, 1.82) is 0 Å². The van der Waals surface area contributed by atoms with Gasteiger partial charge in [-0.25, -0.2) is 0 Å². The van der Waals surface area contributed by atoms with E-state index in [2.05, 4.69) is 12.1 Å². The number of rotatable bonds is 6. The smallest absolute Gasteiger partial charge is 0.242 e. The third-order valence-corrected chi connectivity index (χ3v) is 5.08. The second-order valence-electron chi connectivity index (χ2n) is 6.90. The van der Waals surface area contributed by atoms with Crippen LogP contribution in [0.4, 0.5) is 0 Å². The summed E-state index contributed by atoms with van der Waals surface area (Å²) in [4.78, 5) is 28.4. The van der Waals surface area contributed by atoms with Crippen molar-refractivity contribution in [3.05, 3.63) is 59.2 Å². The summed E-state index contributed by atoms with van der Waals surface area (Å²) in [5.74, 6) is 1.05. The van der Waals surface area contributed by atoms with Crippen LogP contribution in [-0.2, 0) is 29.1 Å². The number of hydrogen-bond donors (Lipinski definition) is 0. The van der Waals surface area contributed by atoms with Gasteiger partial charge in [0.2, 0.25) is 11.8 Å². The van der Waals surface area contributed by atoms with Crippen LogP contribution in [0.3, 0.4) is 0 Å². The lowest BCUT2D eigenvalue weighted by Crippen LogP contribution is -2.43. The van der Waals surface area contributed by atoms with Crippen molar-refractivity contribution in [2.75, 3.05) is 27.3 Å². The summed E-state index contributed by atoms with van der Waals surface area (Å²) in [6, 6.07) is 13.7. The van der Waals surface area contributed by atoms with Crippen LogP contribution in [0.2, 0.25) is 0 Å². The molecule has 0 unspecified atom stereocenters. The first-order valence-electron chi connectivity index (χ1n) is 9.32. The predicted octanol–water partition coefficient (Wildman–Crippen LogP) is 2.64. The third kappa shape index (κ3) is 4.44. The molecule has 0 atom stereocenters. The number of carbonyl (C=O) groups excluding carboxylic acids is 2. The third-order valence-electron chi connectivity index (χ3n) is 5.08. The highest BCUT2D eigenvalue weighted by Gasteiger charge is 2.23. The van der Waals surface area contributed by atoms with E-state index in [9.17, 15) is 9.59 Å². The summed E-state index contributed by atoms with van der Waals surface area (Å²) < 4.78 is 10.6. The fourth-order valence-electron chi connectivity index (χ4n) is 3.45. The topological polar surface area (TPSA) is 59.1 Å². The van der Waals surface area contributed by atoms with Gasteiger partial charge in [0.25, 0.3) is 0 Å². The Hall–Kier alpha value is -3.02. The number of benzene rings is 2. The molecule has 0 N–H and O–H groups in total. The maximum Gasteiger partial charge on any atom is 0.242 e. The van der Waals surface area contributed by atoms with Gasteiger partial charge in [-0.15, -0.1) is 0 Å². The Morgan fingerprint density at radius 2 is 1.75 bits per heavy atom. The Morgan fingerprint density at radius 3 is 2.43 bits per heavy atom. The summed E-state index contributed by atoms with van der Waals surface area (Å²) >= 11 is 0. The quantitative estimate of drug-likeness (QED) is 0.771. The van der Waals surface area contributed by atoms with Gasteiger partial charge in [0.1, 0.15) is 6.54 Å². The standard InChI is InChI=1S/C22H26N2O4/c1-16(25)24(13-17-8-9-20(27-2)21(12-17)28-3)15-22(26)23-11-10-18-6-4-5-7-19(18)14-23/h4-9,12H,10-11,13-15H2,1-3H3. The predicted molar refractivity (Wildman–Crippen MR) is 106 cm³/mol. The molecule has 1 heterocycles. The minimum atomic E-state index is -0.138. The van der Waals surface area contributed by atoms with E-state index in [0.717, 1.165) is 12.0 Å². The number of hydrogen-bond acceptors (Lipinski definition) is 4. The highest BCUT2D eigenvalue weighted by Crippen LogP contribution is 2.28. The van der Waals surface area contributed by atoms with Crippen LogP contribution in [-0.4, -0.2) is 48.9 Å². The van der Waals surface area contributed by atoms with Gasteiger partial charge in [0.15, 0.2) is 11.5 Å². The largest absolute Gasteiger partial charge is 0.493 e. The Labute approximate surface area is 165 Å². The van der Waals surface area contributed by atoms with Crippen molar-refractivity contribution >= 4 is 11.8 Å². The zero-order chi connectivity index (χ0) is 20.1. The van der Waals surface area contributed by atoms with Crippen molar-refractivity contribution in [2.24, 2.45) is 0 Å². The molecule has 0 saturated carbocycles. The molecule has 6 nitrogen and oxygen atoms in total. The summed E-state index contributed by atoms with van der Waals surface area (Å²) in [7, 11) is 3.15. The van der Waals surface area contributed by atoms with Crippen LogP contribution < -0.4 is 9.47 Å². The van der Waals surface area contributed by atoms with Gasteiger partial charge in [-0.3, -0.25) is 9.59 Å². The molecule has 0 radical (unpaired) electrons. The van der Waals surface area contributed by atoms with E-state index in [1.54, 1.807) is 25.2 Å². The van der Waals surface area contributed by atoms with Crippen LogP contribution in [0.5, 0.6) is 11.5 Å². The van der Waals surface area contributed by atoms with E-state index in [1.807, 2.05) is 29.2 Å². The molecular weight excluding hydrogens is 356 g/mol. The van der Waals surface area contributed by atoms with Crippen molar-refractivity contribution in [1.82, 2.24) is 9.80 Å². The lowest BCUT2D eigenvalue weighted by molar-refractivity contribution is -0.140. The van der Waals surface area contributed by atoms with Gasteiger partial charge >= 0.3 is 0 Å². The molecule has 148 valence electrons. The van der Waals surface area contributed by atoms with E-state index in [-0.39, 0.29) is 18.4 Å². The maximum absolute atomic E-state index is 12.8. The van der Waals surface area contributed by atoms with Crippen LogP contribution in [0.25, 0.3) is 0 Å². The molecule has 0 saturated heterocycles. The molecular formula is C22H26N2O4. The van der Waals surface area contributed by atoms with Gasteiger partial charge in [-0.05, 0) is 35.2 Å². The van der Waals surface area contributed by atoms with Crippen LogP contribution in [0.1, 0.15) is 23.6 Å². The van der Waals surface area contributed by atoms with E-state index < -0.39 is 0 Å². The zero-order valence-corrected chi connectivity index (χ0v) is 16.6. The maximum atomic E-state index is 12.8. The highest BCUT2D eigenvalue weighted by atomic mass is 16.5. The van der Waals surface area contributed by atoms with Crippen LogP contribution >= 0.6 is 0 Å². The SMILES string of the molecule is COc1ccc(CN(CC(=O)N2CCc3ccccc3C2)C(C)=O)cc1OC. The minimum absolute atomic E-state index is 0.0369. The van der Waals surface area contributed by atoms with E-state index >= 15 is 0 Å². The summed E-state index contributed by atoms with van der Waals surface area (Å²) in [6.07, 6.45) is 0.845. The molecule has 0 spiro atoms. The molecule has 0 bridgehead atoms.